The highest BCUT2D eigenvalue weighted by Crippen LogP contribution is 2.30. The molecule has 2 rings (SSSR count). The summed E-state index contributed by atoms with van der Waals surface area (Å²) in [6, 6.07) is 6.07. The third-order valence-electron chi connectivity index (χ3n) is 2.36. The Morgan fingerprint density at radius 3 is 2.43 bits per heavy atom. The highest BCUT2D eigenvalue weighted by Gasteiger charge is 2.30. The summed E-state index contributed by atoms with van der Waals surface area (Å²) < 4.78 is 37.1. The van der Waals surface area contributed by atoms with E-state index in [-0.39, 0.29) is 6.41 Å². The summed E-state index contributed by atoms with van der Waals surface area (Å²) in [6.07, 6.45) is -4.07. The Hall–Kier alpha value is -2.64. The topological polar surface area (TPSA) is 85.1 Å². The smallest absolute Gasteiger partial charge is 0.351 e. The minimum atomic E-state index is -4.29. The Bertz CT molecular complexity index is 657. The van der Waals surface area contributed by atoms with Gasteiger partial charge in [0.05, 0.1) is 11.1 Å². The molecule has 0 aliphatic heterocycles. The molecule has 0 atom stereocenters. The van der Waals surface area contributed by atoms with Gasteiger partial charge in [0.25, 0.3) is 0 Å². The molecule has 1 aromatic carbocycles. The summed E-state index contributed by atoms with van der Waals surface area (Å²) in [5.41, 5.74) is 5.16. The van der Waals surface area contributed by atoms with E-state index in [9.17, 15) is 22.8 Å². The summed E-state index contributed by atoms with van der Waals surface area (Å²) in [4.78, 5) is 22.8. The number of imide groups is 1. The molecule has 2 aromatic rings. The molecule has 1 heterocycles. The van der Waals surface area contributed by atoms with Crippen molar-refractivity contribution in [2.24, 2.45) is 5.73 Å². The second-order valence-electron chi connectivity index (χ2n) is 3.98. The van der Waals surface area contributed by atoms with Crippen molar-refractivity contribution in [1.29, 1.82) is 0 Å². The molecule has 21 heavy (non-hydrogen) atoms. The van der Waals surface area contributed by atoms with Crippen LogP contribution in [0.2, 0.25) is 0 Å². The van der Waals surface area contributed by atoms with Crippen molar-refractivity contribution in [3.05, 3.63) is 41.6 Å². The van der Waals surface area contributed by atoms with E-state index in [1.165, 1.54) is 6.07 Å². The Morgan fingerprint density at radius 2 is 1.95 bits per heavy atom. The Balaban J connectivity index is 0.000000315. The summed E-state index contributed by atoms with van der Waals surface area (Å²) in [5, 5.41) is 2.18. The van der Waals surface area contributed by atoms with Crippen molar-refractivity contribution in [3.63, 3.8) is 0 Å². The molecular weight excluding hydrogens is 287 g/mol. The van der Waals surface area contributed by atoms with Crippen LogP contribution in [0, 0.1) is 6.92 Å². The third-order valence-corrected chi connectivity index (χ3v) is 2.36. The summed E-state index contributed by atoms with van der Waals surface area (Å²) in [6.45, 7) is 1.80. The van der Waals surface area contributed by atoms with E-state index in [1.54, 1.807) is 24.4 Å². The average Bonchev–Trinajstić information content (AvgIpc) is 2.37. The van der Waals surface area contributed by atoms with Gasteiger partial charge in [0.15, 0.2) is 0 Å². The first-order valence-corrected chi connectivity index (χ1v) is 5.68. The van der Waals surface area contributed by atoms with Gasteiger partial charge < -0.3 is 5.73 Å². The first-order valence-electron chi connectivity index (χ1n) is 5.68. The molecule has 0 spiro atoms. The van der Waals surface area contributed by atoms with Gasteiger partial charge in [0.2, 0.25) is 6.41 Å². The highest BCUT2D eigenvalue weighted by molar-refractivity contribution is 5.82. The number of urea groups is 1. The zero-order valence-corrected chi connectivity index (χ0v) is 10.9. The van der Waals surface area contributed by atoms with E-state index in [2.05, 4.69) is 10.7 Å². The van der Waals surface area contributed by atoms with Crippen molar-refractivity contribution in [1.82, 2.24) is 10.3 Å². The number of nitrogens with two attached hydrogens (primary N) is 1. The second-order valence-corrected chi connectivity index (χ2v) is 3.98. The Morgan fingerprint density at radius 1 is 1.29 bits per heavy atom. The van der Waals surface area contributed by atoms with Gasteiger partial charge in [-0.2, -0.15) is 13.2 Å². The number of carbonyl (C=O) groups excluding carboxylic acids is 2. The highest BCUT2D eigenvalue weighted by atomic mass is 19.4. The minimum Gasteiger partial charge on any atom is -0.351 e. The van der Waals surface area contributed by atoms with Crippen LogP contribution in [0.5, 0.6) is 0 Å². The normalized spacial score (nSPS) is 10.5. The fraction of sp³-hybridized carbons (Fsp3) is 0.154. The first kappa shape index (κ1) is 16.4. The van der Waals surface area contributed by atoms with Crippen LogP contribution in [0.15, 0.2) is 30.3 Å². The molecule has 8 heteroatoms. The average molecular weight is 299 g/mol. The predicted octanol–water partition coefficient (Wildman–Crippen LogP) is 2.37. The van der Waals surface area contributed by atoms with Gasteiger partial charge in [-0.1, -0.05) is 6.07 Å². The molecule has 0 bridgehead atoms. The van der Waals surface area contributed by atoms with E-state index in [0.717, 1.165) is 17.8 Å². The quantitative estimate of drug-likeness (QED) is 0.793. The van der Waals surface area contributed by atoms with E-state index in [0.29, 0.717) is 10.9 Å². The number of nitrogens with zero attached hydrogens (tertiary/aromatic N) is 1. The molecule has 3 N–H and O–H groups in total. The van der Waals surface area contributed by atoms with Gasteiger partial charge >= 0.3 is 12.2 Å². The number of carbonyl (C=O) groups is 2. The lowest BCUT2D eigenvalue weighted by atomic mass is 10.1. The summed E-state index contributed by atoms with van der Waals surface area (Å²) in [5.74, 6) is 0. The number of aromatic nitrogens is 1. The molecule has 0 radical (unpaired) electrons. The summed E-state index contributed by atoms with van der Waals surface area (Å²) in [7, 11) is 0. The number of nitrogens with one attached hydrogen (secondary N) is 1. The van der Waals surface area contributed by atoms with Crippen molar-refractivity contribution in [2.45, 2.75) is 13.1 Å². The van der Waals surface area contributed by atoms with E-state index < -0.39 is 17.8 Å². The molecule has 5 nitrogen and oxygen atoms in total. The molecule has 0 fully saturated rings. The summed E-state index contributed by atoms with van der Waals surface area (Å²) >= 11 is 0. The van der Waals surface area contributed by atoms with Crippen LogP contribution in [0.1, 0.15) is 11.3 Å². The molecular formula is C13H12F3N3O2. The molecule has 0 aliphatic carbocycles. The number of amides is 3. The molecule has 0 saturated carbocycles. The van der Waals surface area contributed by atoms with Crippen LogP contribution in [0.25, 0.3) is 10.9 Å². The lowest BCUT2D eigenvalue weighted by molar-refractivity contribution is -0.137. The maximum Gasteiger partial charge on any atom is 0.416 e. The fourth-order valence-corrected chi connectivity index (χ4v) is 1.46. The molecule has 112 valence electrons. The number of rotatable bonds is 1. The van der Waals surface area contributed by atoms with Crippen molar-refractivity contribution < 1.29 is 22.8 Å². The SMILES string of the molecule is Cc1ccc2cc(C(F)(F)F)ccc2n1.NC(=O)NC=O. The zero-order valence-electron chi connectivity index (χ0n) is 10.9. The molecule has 1 aromatic heterocycles. The van der Waals surface area contributed by atoms with Crippen LogP contribution in [0.4, 0.5) is 18.0 Å². The number of halogens is 3. The number of hydrogen-bond donors (Lipinski definition) is 2. The van der Waals surface area contributed by atoms with Crippen LogP contribution in [0.3, 0.4) is 0 Å². The van der Waals surface area contributed by atoms with Crippen LogP contribution < -0.4 is 11.1 Å². The van der Waals surface area contributed by atoms with Crippen LogP contribution in [-0.4, -0.2) is 17.4 Å². The van der Waals surface area contributed by atoms with Crippen molar-refractivity contribution >= 4 is 23.3 Å². The standard InChI is InChI=1S/C11H8F3N.C2H4N2O2/c1-7-2-3-8-6-9(11(12,13)14)4-5-10(8)15-7;3-2(6)4-1-5/h2-6H,1H3;1H,(H3,3,4,5,6). The van der Waals surface area contributed by atoms with Crippen molar-refractivity contribution in [2.75, 3.05) is 0 Å². The predicted molar refractivity (Wildman–Crippen MR) is 70.3 cm³/mol. The van der Waals surface area contributed by atoms with Gasteiger partial charge in [0, 0.05) is 11.1 Å². The van der Waals surface area contributed by atoms with Crippen LogP contribution in [-0.2, 0) is 11.0 Å². The van der Waals surface area contributed by atoms with Gasteiger partial charge in [-0.3, -0.25) is 15.1 Å². The third kappa shape index (κ3) is 5.09. The molecule has 0 saturated heterocycles. The Labute approximate surface area is 118 Å². The molecule has 0 unspecified atom stereocenters. The maximum absolute atomic E-state index is 12.4. The zero-order chi connectivity index (χ0) is 16.0. The lowest BCUT2D eigenvalue weighted by Gasteiger charge is -2.07. The van der Waals surface area contributed by atoms with E-state index in [4.69, 9.17) is 0 Å². The maximum atomic E-state index is 12.4. The first-order chi connectivity index (χ1) is 9.74. The van der Waals surface area contributed by atoms with Gasteiger partial charge in [-0.05, 0) is 31.2 Å². The number of pyridine rings is 1. The number of hydrogen-bond acceptors (Lipinski definition) is 3. The number of primary amides is 1. The second kappa shape index (κ2) is 6.69. The minimum absolute atomic E-state index is 0.225. The monoisotopic (exact) mass is 299 g/mol. The van der Waals surface area contributed by atoms with Crippen LogP contribution >= 0.6 is 0 Å². The lowest BCUT2D eigenvalue weighted by Crippen LogP contribution is -2.27. The molecule has 0 aliphatic rings. The van der Waals surface area contributed by atoms with E-state index in [1.807, 2.05) is 0 Å². The van der Waals surface area contributed by atoms with Gasteiger partial charge in [-0.25, -0.2) is 4.79 Å². The number of benzene rings is 1. The van der Waals surface area contributed by atoms with Crippen molar-refractivity contribution in [3.8, 4) is 0 Å². The van der Waals surface area contributed by atoms with Gasteiger partial charge in [-0.15, -0.1) is 0 Å². The number of fused-ring (bicyclic) bond motifs is 1. The number of alkyl halides is 3. The fourth-order valence-electron chi connectivity index (χ4n) is 1.46. The number of aryl methyl sites for hydroxylation is 1. The Kier molecular flexibility index (Phi) is 5.23. The van der Waals surface area contributed by atoms with E-state index >= 15 is 0 Å². The largest absolute Gasteiger partial charge is 0.416 e. The van der Waals surface area contributed by atoms with Gasteiger partial charge in [0.1, 0.15) is 0 Å². The molecule has 3 amide bonds.